The van der Waals surface area contributed by atoms with Gasteiger partial charge < -0.3 is 14.4 Å². The predicted molar refractivity (Wildman–Crippen MR) is 102 cm³/mol. The Morgan fingerprint density at radius 3 is 2.41 bits per heavy atom. The van der Waals surface area contributed by atoms with Crippen LogP contribution < -0.4 is 0 Å². The van der Waals surface area contributed by atoms with E-state index < -0.39 is 5.82 Å². The quantitative estimate of drug-likeness (QED) is 0.833. The summed E-state index contributed by atoms with van der Waals surface area (Å²) in [5, 5.41) is 0. The minimum Gasteiger partial charge on any atom is -0.352 e. The maximum atomic E-state index is 13.4. The molecule has 1 aromatic carbocycles. The molecule has 144 valence electrons. The van der Waals surface area contributed by atoms with Crippen LogP contribution in [0, 0.1) is 19.7 Å². The van der Waals surface area contributed by atoms with Crippen molar-refractivity contribution in [3.63, 3.8) is 0 Å². The smallest absolute Gasteiger partial charge is 0.254 e. The van der Waals surface area contributed by atoms with E-state index >= 15 is 0 Å². The molecule has 2 amide bonds. The number of carbonyl (C=O) groups is 2. The summed E-state index contributed by atoms with van der Waals surface area (Å²) in [6, 6.07) is 7.81. The Kier molecular flexibility index (Phi) is 5.63. The van der Waals surface area contributed by atoms with Crippen LogP contribution in [0.4, 0.5) is 4.39 Å². The Morgan fingerprint density at radius 1 is 1.04 bits per heavy atom. The lowest BCUT2D eigenvalue weighted by Gasteiger charge is -2.22. The highest BCUT2D eigenvalue weighted by Crippen LogP contribution is 2.16. The van der Waals surface area contributed by atoms with Gasteiger partial charge in [0.15, 0.2) is 0 Å². The topological polar surface area (TPSA) is 45.6 Å². The van der Waals surface area contributed by atoms with Gasteiger partial charge in [-0.2, -0.15) is 0 Å². The monoisotopic (exact) mass is 371 g/mol. The summed E-state index contributed by atoms with van der Waals surface area (Å²) in [6.07, 6.45) is 1.10. The molecule has 0 N–H and O–H groups in total. The van der Waals surface area contributed by atoms with Crippen LogP contribution in [0.3, 0.4) is 0 Å². The zero-order valence-electron chi connectivity index (χ0n) is 16.2. The second-order valence-electron chi connectivity index (χ2n) is 7.17. The number of hydrogen-bond acceptors (Lipinski definition) is 2. The van der Waals surface area contributed by atoms with Crippen LogP contribution in [0.5, 0.6) is 0 Å². The Morgan fingerprint density at radius 2 is 1.74 bits per heavy atom. The zero-order chi connectivity index (χ0) is 19.6. The van der Waals surface area contributed by atoms with Crippen molar-refractivity contribution in [3.05, 3.63) is 58.7 Å². The van der Waals surface area contributed by atoms with Gasteiger partial charge >= 0.3 is 0 Å². The second-order valence-corrected chi connectivity index (χ2v) is 7.17. The molecule has 1 saturated heterocycles. The summed E-state index contributed by atoms with van der Waals surface area (Å²) in [6.45, 7) is 6.23. The standard InChI is InChI=1S/C21H26FN3O2/c1-15-12-18(16(2)23(15)3)14-20(26)24-8-5-9-25(11-10-24)21(27)17-6-4-7-19(22)13-17/h4,6-7,12-13H,5,8-11,14H2,1-3H3. The van der Waals surface area contributed by atoms with E-state index in [9.17, 15) is 14.0 Å². The minimum atomic E-state index is -0.416. The molecule has 0 saturated carbocycles. The van der Waals surface area contributed by atoms with Crippen molar-refractivity contribution >= 4 is 11.8 Å². The molecule has 1 fully saturated rings. The second kappa shape index (κ2) is 7.94. The molecule has 0 atom stereocenters. The van der Waals surface area contributed by atoms with Gasteiger partial charge in [0, 0.05) is 50.2 Å². The number of amides is 2. The van der Waals surface area contributed by atoms with Crippen molar-refractivity contribution in [1.29, 1.82) is 0 Å². The predicted octanol–water partition coefficient (Wildman–Crippen LogP) is 2.70. The number of benzene rings is 1. The Labute approximate surface area is 159 Å². The third kappa shape index (κ3) is 4.21. The fourth-order valence-corrected chi connectivity index (χ4v) is 3.56. The summed E-state index contributed by atoms with van der Waals surface area (Å²) >= 11 is 0. The average molecular weight is 371 g/mol. The van der Waals surface area contributed by atoms with Gasteiger partial charge in [-0.15, -0.1) is 0 Å². The van der Waals surface area contributed by atoms with Gasteiger partial charge in [-0.1, -0.05) is 6.07 Å². The van der Waals surface area contributed by atoms with E-state index in [-0.39, 0.29) is 11.8 Å². The van der Waals surface area contributed by atoms with Crippen LogP contribution in [0.1, 0.15) is 33.7 Å². The number of aromatic nitrogens is 1. The molecule has 5 nitrogen and oxygen atoms in total. The Hall–Kier alpha value is -2.63. The van der Waals surface area contributed by atoms with E-state index in [1.807, 2.05) is 25.8 Å². The molecule has 0 bridgehead atoms. The average Bonchev–Trinajstić information content (AvgIpc) is 2.85. The van der Waals surface area contributed by atoms with E-state index in [0.29, 0.717) is 38.2 Å². The van der Waals surface area contributed by atoms with Crippen molar-refractivity contribution in [2.24, 2.45) is 7.05 Å². The van der Waals surface area contributed by atoms with E-state index in [4.69, 9.17) is 0 Å². The number of halogens is 1. The van der Waals surface area contributed by atoms with Gasteiger partial charge in [-0.25, -0.2) is 4.39 Å². The van der Waals surface area contributed by atoms with E-state index in [1.165, 1.54) is 12.1 Å². The highest BCUT2D eigenvalue weighted by atomic mass is 19.1. The molecule has 0 aliphatic carbocycles. The molecule has 2 heterocycles. The molecule has 1 aromatic heterocycles. The Bertz CT molecular complexity index is 859. The van der Waals surface area contributed by atoms with Crippen LogP contribution in [-0.4, -0.2) is 52.4 Å². The molecular formula is C21H26FN3O2. The fraction of sp³-hybridized carbons (Fsp3) is 0.429. The third-order valence-electron chi connectivity index (χ3n) is 5.43. The molecule has 6 heteroatoms. The lowest BCUT2D eigenvalue weighted by Crippen LogP contribution is -2.38. The number of hydrogen-bond donors (Lipinski definition) is 0. The van der Waals surface area contributed by atoms with Gasteiger partial charge in [0.2, 0.25) is 5.91 Å². The maximum absolute atomic E-state index is 13.4. The van der Waals surface area contributed by atoms with Gasteiger partial charge in [0.25, 0.3) is 5.91 Å². The lowest BCUT2D eigenvalue weighted by molar-refractivity contribution is -0.130. The third-order valence-corrected chi connectivity index (χ3v) is 5.43. The summed E-state index contributed by atoms with van der Waals surface area (Å²) in [7, 11) is 2.00. The summed E-state index contributed by atoms with van der Waals surface area (Å²) in [5.41, 5.74) is 3.65. The number of nitrogens with zero attached hydrogens (tertiary/aromatic N) is 3. The van der Waals surface area contributed by atoms with Crippen molar-refractivity contribution < 1.29 is 14.0 Å². The fourth-order valence-electron chi connectivity index (χ4n) is 3.56. The van der Waals surface area contributed by atoms with Crippen molar-refractivity contribution in [1.82, 2.24) is 14.4 Å². The highest BCUT2D eigenvalue weighted by molar-refractivity contribution is 5.94. The van der Waals surface area contributed by atoms with E-state index in [1.54, 1.807) is 17.0 Å². The van der Waals surface area contributed by atoms with Gasteiger partial charge in [-0.05, 0) is 50.1 Å². The zero-order valence-corrected chi connectivity index (χ0v) is 16.2. The van der Waals surface area contributed by atoms with E-state index in [0.717, 1.165) is 23.4 Å². The largest absolute Gasteiger partial charge is 0.352 e. The summed E-state index contributed by atoms with van der Waals surface area (Å²) in [5.74, 6) is -0.511. The molecule has 0 unspecified atom stereocenters. The van der Waals surface area contributed by atoms with Crippen molar-refractivity contribution in [2.45, 2.75) is 26.7 Å². The maximum Gasteiger partial charge on any atom is 0.254 e. The van der Waals surface area contributed by atoms with Crippen LogP contribution in [0.15, 0.2) is 30.3 Å². The highest BCUT2D eigenvalue weighted by Gasteiger charge is 2.23. The van der Waals surface area contributed by atoms with E-state index in [2.05, 4.69) is 10.6 Å². The molecule has 2 aromatic rings. The number of aryl methyl sites for hydroxylation is 1. The first-order valence-electron chi connectivity index (χ1n) is 9.31. The molecular weight excluding hydrogens is 345 g/mol. The first kappa shape index (κ1) is 19.1. The van der Waals surface area contributed by atoms with Crippen LogP contribution in [0.25, 0.3) is 0 Å². The normalized spacial score (nSPS) is 15.0. The van der Waals surface area contributed by atoms with Crippen LogP contribution in [-0.2, 0) is 18.3 Å². The van der Waals surface area contributed by atoms with Crippen LogP contribution >= 0.6 is 0 Å². The van der Waals surface area contributed by atoms with Gasteiger partial charge in [0.1, 0.15) is 5.82 Å². The van der Waals surface area contributed by atoms with Crippen LogP contribution in [0.2, 0.25) is 0 Å². The van der Waals surface area contributed by atoms with Gasteiger partial charge in [-0.3, -0.25) is 9.59 Å². The SMILES string of the molecule is Cc1cc(CC(=O)N2CCCN(C(=O)c3cccc(F)c3)CC2)c(C)n1C. The molecule has 0 radical (unpaired) electrons. The Balaban J connectivity index is 1.63. The van der Waals surface area contributed by atoms with Gasteiger partial charge in [0.05, 0.1) is 6.42 Å². The minimum absolute atomic E-state index is 0.0868. The molecule has 1 aliphatic rings. The first-order valence-corrected chi connectivity index (χ1v) is 9.31. The van der Waals surface area contributed by atoms with Crippen molar-refractivity contribution in [3.8, 4) is 0 Å². The summed E-state index contributed by atoms with van der Waals surface area (Å²) in [4.78, 5) is 28.9. The lowest BCUT2D eigenvalue weighted by atomic mass is 10.1. The first-order chi connectivity index (χ1) is 12.9. The molecule has 27 heavy (non-hydrogen) atoms. The number of carbonyl (C=O) groups excluding carboxylic acids is 2. The summed E-state index contributed by atoms with van der Waals surface area (Å²) < 4.78 is 15.5. The van der Waals surface area contributed by atoms with Crippen molar-refractivity contribution in [2.75, 3.05) is 26.2 Å². The molecule has 1 aliphatic heterocycles. The number of rotatable bonds is 3. The molecule has 0 spiro atoms. The molecule has 3 rings (SSSR count).